The van der Waals surface area contributed by atoms with E-state index in [1.165, 1.54) is 12.7 Å². The van der Waals surface area contributed by atoms with Crippen LogP contribution in [0.3, 0.4) is 0 Å². The van der Waals surface area contributed by atoms with Gasteiger partial charge in [-0.1, -0.05) is 0 Å². The molecule has 0 bridgehead atoms. The molecule has 1 rings (SSSR count). The highest BCUT2D eigenvalue weighted by molar-refractivity contribution is 7.59. The first-order chi connectivity index (χ1) is 7.21. The molecule has 16 heavy (non-hydrogen) atoms. The fourth-order valence-electron chi connectivity index (χ4n) is 1.16. The second kappa shape index (κ2) is 4.50. The van der Waals surface area contributed by atoms with Gasteiger partial charge >= 0.3 is 6.18 Å². The number of benzene rings is 1. The topological polar surface area (TPSA) is 17.1 Å². The maximum absolute atomic E-state index is 13.0. The van der Waals surface area contributed by atoms with E-state index in [0.717, 1.165) is 19.1 Å². The van der Waals surface area contributed by atoms with Crippen molar-refractivity contribution in [3.8, 4) is 0 Å². The zero-order chi connectivity index (χ0) is 12.5. The molecule has 0 N–H and O–H groups in total. The monoisotopic (exact) mass is 252 g/mol. The van der Waals surface area contributed by atoms with Gasteiger partial charge in [0.2, 0.25) is 0 Å². The number of Topliss-reactive ketones (excluding diaryl/α,β-unsaturated/α-hetero) is 1. The van der Waals surface area contributed by atoms with Gasteiger partial charge in [-0.25, -0.2) is 4.20 Å². The molecule has 0 saturated heterocycles. The highest BCUT2D eigenvalue weighted by Gasteiger charge is 2.32. The molecule has 1 aromatic rings. The van der Waals surface area contributed by atoms with Gasteiger partial charge in [0.1, 0.15) is 8.23 Å². The molecule has 88 valence electrons. The van der Waals surface area contributed by atoms with Crippen molar-refractivity contribution in [1.29, 1.82) is 0 Å². The summed E-state index contributed by atoms with van der Waals surface area (Å²) in [6, 6.07) is 2.66. The van der Waals surface area contributed by atoms with Crippen LogP contribution in [-0.4, -0.2) is 12.4 Å². The average Bonchev–Trinajstić information content (AvgIpc) is 2.15. The molecule has 0 spiro atoms. The lowest BCUT2D eigenvalue weighted by Gasteiger charge is -2.11. The van der Waals surface area contributed by atoms with Crippen LogP contribution in [0.15, 0.2) is 18.2 Å². The third-order valence-electron chi connectivity index (χ3n) is 2.01. The van der Waals surface area contributed by atoms with Crippen molar-refractivity contribution in [3.63, 3.8) is 0 Å². The van der Waals surface area contributed by atoms with Crippen LogP contribution >= 0.6 is 8.23 Å². The Morgan fingerprint density at radius 2 is 1.81 bits per heavy atom. The number of alkyl halides is 3. The summed E-state index contributed by atoms with van der Waals surface area (Å²) in [5, 5.41) is -0.0741. The molecule has 0 aliphatic heterocycles. The lowest BCUT2D eigenvalue weighted by molar-refractivity contribution is -0.137. The van der Waals surface area contributed by atoms with Crippen molar-refractivity contribution < 1.29 is 22.2 Å². The zero-order valence-corrected chi connectivity index (χ0v) is 9.49. The van der Waals surface area contributed by atoms with E-state index in [-0.39, 0.29) is 10.9 Å². The number of hydrogen-bond donors (Lipinski definition) is 0. The van der Waals surface area contributed by atoms with Crippen molar-refractivity contribution in [2.45, 2.75) is 13.1 Å². The molecule has 1 atom stereocenters. The summed E-state index contributed by atoms with van der Waals surface area (Å²) in [6.45, 7) is 2.34. The lowest BCUT2D eigenvalue weighted by atomic mass is 10.1. The zero-order valence-electron chi connectivity index (χ0n) is 8.60. The minimum atomic E-state index is -4.56. The van der Waals surface area contributed by atoms with E-state index in [2.05, 4.69) is 0 Å². The summed E-state index contributed by atoms with van der Waals surface area (Å²) in [7, 11) is -2.15. The Bertz CT molecular complexity index is 412. The minimum Gasteiger partial charge on any atom is -0.295 e. The standard InChI is InChI=1S/C10H9F4OP/c1-6(15)7-3-8(10(11,12)13)5-9(4-7)16(2)14/h3-5H,1-2H3. The molecule has 0 heterocycles. The van der Waals surface area contributed by atoms with Gasteiger partial charge in [0.05, 0.1) is 5.56 Å². The van der Waals surface area contributed by atoms with Crippen LogP contribution in [-0.2, 0) is 6.18 Å². The van der Waals surface area contributed by atoms with Gasteiger partial charge in [0.15, 0.2) is 5.78 Å². The maximum Gasteiger partial charge on any atom is 0.416 e. The summed E-state index contributed by atoms with van der Waals surface area (Å²) in [6.07, 6.45) is -4.56. The Hall–Kier alpha value is -0.960. The molecule has 1 aromatic carbocycles. The molecular formula is C10H9F4OP. The van der Waals surface area contributed by atoms with Gasteiger partial charge in [-0.05, 0) is 31.8 Å². The van der Waals surface area contributed by atoms with Gasteiger partial charge in [-0.3, -0.25) is 4.79 Å². The predicted octanol–water partition coefficient (Wildman–Crippen LogP) is 3.53. The Balaban J connectivity index is 3.36. The molecule has 0 saturated carbocycles. The highest BCUT2D eigenvalue weighted by atomic mass is 31.2. The fraction of sp³-hybridized carbons (Fsp3) is 0.300. The summed E-state index contributed by atoms with van der Waals surface area (Å²) < 4.78 is 50.4. The third kappa shape index (κ3) is 3.01. The summed E-state index contributed by atoms with van der Waals surface area (Å²) in [5.41, 5.74) is -1.10. The number of hydrogen-bond acceptors (Lipinski definition) is 1. The van der Waals surface area contributed by atoms with Crippen LogP contribution in [0.1, 0.15) is 22.8 Å². The Morgan fingerprint density at radius 1 is 1.25 bits per heavy atom. The smallest absolute Gasteiger partial charge is 0.295 e. The van der Waals surface area contributed by atoms with Gasteiger partial charge < -0.3 is 0 Å². The predicted molar refractivity (Wildman–Crippen MR) is 55.0 cm³/mol. The van der Waals surface area contributed by atoms with Crippen LogP contribution in [0, 0.1) is 0 Å². The quantitative estimate of drug-likeness (QED) is 0.447. The largest absolute Gasteiger partial charge is 0.416 e. The Labute approximate surface area is 91.3 Å². The molecule has 0 radical (unpaired) electrons. The number of rotatable bonds is 2. The second-order valence-corrected chi connectivity index (χ2v) is 4.77. The van der Waals surface area contributed by atoms with Crippen LogP contribution in [0.5, 0.6) is 0 Å². The first-order valence-electron chi connectivity index (χ1n) is 4.34. The van der Waals surface area contributed by atoms with Crippen molar-refractivity contribution in [2.75, 3.05) is 6.66 Å². The van der Waals surface area contributed by atoms with Crippen molar-refractivity contribution in [1.82, 2.24) is 0 Å². The van der Waals surface area contributed by atoms with Gasteiger partial charge in [-0.15, -0.1) is 0 Å². The highest BCUT2D eigenvalue weighted by Crippen LogP contribution is 2.35. The van der Waals surface area contributed by atoms with Crippen LogP contribution in [0.2, 0.25) is 0 Å². The molecule has 6 heteroatoms. The molecular weight excluding hydrogens is 243 g/mol. The molecule has 0 aliphatic rings. The minimum absolute atomic E-state index is 0.0741. The van der Waals surface area contributed by atoms with E-state index in [1.807, 2.05) is 0 Å². The number of carbonyl (C=O) groups is 1. The van der Waals surface area contributed by atoms with E-state index >= 15 is 0 Å². The van der Waals surface area contributed by atoms with Gasteiger partial charge in [0, 0.05) is 10.9 Å². The lowest BCUT2D eigenvalue weighted by Crippen LogP contribution is -2.12. The summed E-state index contributed by atoms with van der Waals surface area (Å²) >= 11 is 0. The summed E-state index contributed by atoms with van der Waals surface area (Å²) in [4.78, 5) is 11.0. The average molecular weight is 252 g/mol. The Kier molecular flexibility index (Phi) is 3.68. The molecule has 0 fully saturated rings. The normalized spacial score (nSPS) is 13.6. The molecule has 0 aromatic heterocycles. The second-order valence-electron chi connectivity index (χ2n) is 3.30. The molecule has 1 nitrogen and oxygen atoms in total. The summed E-state index contributed by atoms with van der Waals surface area (Å²) in [5.74, 6) is -0.510. The molecule has 1 unspecified atom stereocenters. The first kappa shape index (κ1) is 13.1. The number of carbonyl (C=O) groups excluding carboxylic acids is 1. The van der Waals surface area contributed by atoms with Gasteiger partial charge in [-0.2, -0.15) is 13.2 Å². The van der Waals surface area contributed by atoms with E-state index in [4.69, 9.17) is 0 Å². The van der Waals surface area contributed by atoms with Crippen molar-refractivity contribution >= 4 is 19.3 Å². The van der Waals surface area contributed by atoms with Crippen LogP contribution < -0.4 is 5.30 Å². The van der Waals surface area contributed by atoms with E-state index in [0.29, 0.717) is 0 Å². The Morgan fingerprint density at radius 3 is 2.19 bits per heavy atom. The van der Waals surface area contributed by atoms with E-state index < -0.39 is 25.8 Å². The SMILES string of the molecule is CC(=O)c1cc(P(C)F)cc(C(F)(F)F)c1. The number of halogens is 4. The maximum atomic E-state index is 13.0. The van der Waals surface area contributed by atoms with Crippen LogP contribution in [0.4, 0.5) is 17.4 Å². The number of ketones is 1. The van der Waals surface area contributed by atoms with Gasteiger partial charge in [0.25, 0.3) is 0 Å². The van der Waals surface area contributed by atoms with Crippen molar-refractivity contribution in [3.05, 3.63) is 29.3 Å². The van der Waals surface area contributed by atoms with E-state index in [9.17, 15) is 22.2 Å². The third-order valence-corrected chi connectivity index (χ3v) is 2.98. The van der Waals surface area contributed by atoms with E-state index in [1.54, 1.807) is 0 Å². The molecule has 0 aliphatic carbocycles. The fourth-order valence-corrected chi connectivity index (χ4v) is 1.79. The first-order valence-corrected chi connectivity index (χ1v) is 6.02. The molecule has 0 amide bonds. The van der Waals surface area contributed by atoms with Crippen LogP contribution in [0.25, 0.3) is 0 Å². The van der Waals surface area contributed by atoms with Crippen molar-refractivity contribution in [2.24, 2.45) is 0 Å².